The number of hydrogen-bond donors (Lipinski definition) is 3. The van der Waals surface area contributed by atoms with Gasteiger partial charge in [0.1, 0.15) is 5.82 Å². The number of aromatic nitrogens is 1. The van der Waals surface area contributed by atoms with E-state index in [0.29, 0.717) is 10.7 Å². The van der Waals surface area contributed by atoms with E-state index < -0.39 is 23.3 Å². The lowest BCUT2D eigenvalue weighted by atomic mass is 10.1. The van der Waals surface area contributed by atoms with Crippen molar-refractivity contribution in [2.75, 3.05) is 11.1 Å². The zero-order valence-corrected chi connectivity index (χ0v) is 16.4. The van der Waals surface area contributed by atoms with Gasteiger partial charge in [0, 0.05) is 16.8 Å². The van der Waals surface area contributed by atoms with Gasteiger partial charge in [0.2, 0.25) is 0 Å². The monoisotopic (exact) mass is 422 g/mol. The van der Waals surface area contributed by atoms with Gasteiger partial charge in [0.05, 0.1) is 22.4 Å². The van der Waals surface area contributed by atoms with E-state index in [1.165, 1.54) is 12.1 Å². The predicted octanol–water partition coefficient (Wildman–Crippen LogP) is 2.52. The van der Waals surface area contributed by atoms with Crippen molar-refractivity contribution in [1.82, 2.24) is 9.88 Å². The summed E-state index contributed by atoms with van der Waals surface area (Å²) < 4.78 is 1.04. The minimum atomic E-state index is -0.697. The lowest BCUT2D eigenvalue weighted by Crippen LogP contribution is -2.26. The summed E-state index contributed by atoms with van der Waals surface area (Å²) in [4.78, 5) is 49.6. The molecule has 8 nitrogen and oxygen atoms in total. The zero-order valence-electron chi connectivity index (χ0n) is 15.7. The molecule has 1 aliphatic rings. The Labute approximate surface area is 175 Å². The van der Waals surface area contributed by atoms with Crippen molar-refractivity contribution < 1.29 is 14.4 Å². The van der Waals surface area contributed by atoms with Crippen LogP contribution >= 0.6 is 11.6 Å². The maximum absolute atomic E-state index is 12.9. The van der Waals surface area contributed by atoms with Gasteiger partial charge in [-0.15, -0.1) is 0 Å². The fourth-order valence-corrected chi connectivity index (χ4v) is 3.44. The highest BCUT2D eigenvalue weighted by molar-refractivity contribution is 6.31. The summed E-state index contributed by atoms with van der Waals surface area (Å²) in [6.45, 7) is 1.84. The topological polar surface area (TPSA) is 123 Å². The van der Waals surface area contributed by atoms with Crippen molar-refractivity contribution in [2.45, 2.75) is 6.92 Å². The van der Waals surface area contributed by atoms with Gasteiger partial charge in [0.25, 0.3) is 23.3 Å². The number of carbonyl (C=O) groups is 3. The van der Waals surface area contributed by atoms with Crippen LogP contribution in [0.25, 0.3) is 5.69 Å². The smallest absolute Gasteiger partial charge is 0.262 e. The summed E-state index contributed by atoms with van der Waals surface area (Å²) in [5.41, 5.74) is 6.91. The number of imide groups is 1. The van der Waals surface area contributed by atoms with Crippen molar-refractivity contribution in [1.29, 1.82) is 0 Å². The van der Waals surface area contributed by atoms with E-state index >= 15 is 0 Å². The van der Waals surface area contributed by atoms with Crippen LogP contribution in [0.15, 0.2) is 53.3 Å². The molecule has 0 unspecified atom stereocenters. The number of benzene rings is 2. The fraction of sp³-hybridized carbons (Fsp3) is 0.0476. The van der Waals surface area contributed by atoms with Gasteiger partial charge in [-0.2, -0.15) is 0 Å². The Balaban J connectivity index is 1.82. The number of nitrogens with zero attached hydrogens (tertiary/aromatic N) is 1. The molecule has 0 saturated heterocycles. The van der Waals surface area contributed by atoms with E-state index in [2.05, 4.69) is 10.6 Å². The molecule has 30 heavy (non-hydrogen) atoms. The summed E-state index contributed by atoms with van der Waals surface area (Å²) in [5, 5.41) is 5.33. The standard InChI is InChI=1S/C21H15ClN4O4/c1-10-6-7-11(8-14(10)22)24-19(28)12-4-2-3-5-15(12)26-16(27)9-13-17(18(26)23)21(30)25-20(13)29/h2-9H,23H2,1H3,(H,24,28)(H,25,29,30). The number of anilines is 2. The number of halogens is 1. The highest BCUT2D eigenvalue weighted by atomic mass is 35.5. The van der Waals surface area contributed by atoms with Crippen LogP contribution in [-0.2, 0) is 0 Å². The second-order valence-corrected chi connectivity index (χ2v) is 7.12. The SMILES string of the molecule is Cc1ccc(NC(=O)c2ccccc2-n2c(N)c3c(cc2=O)C(=O)NC3=O)cc1Cl. The number of hydrogen-bond acceptors (Lipinski definition) is 5. The van der Waals surface area contributed by atoms with Gasteiger partial charge in [-0.05, 0) is 36.8 Å². The van der Waals surface area contributed by atoms with E-state index in [-0.39, 0.29) is 28.2 Å². The summed E-state index contributed by atoms with van der Waals surface area (Å²) in [7, 11) is 0. The molecule has 0 spiro atoms. The van der Waals surface area contributed by atoms with Crippen molar-refractivity contribution in [2.24, 2.45) is 0 Å². The van der Waals surface area contributed by atoms with Crippen LogP contribution in [0.4, 0.5) is 11.5 Å². The number of nitrogen functional groups attached to an aromatic ring is 1. The number of amides is 3. The molecule has 0 saturated carbocycles. The van der Waals surface area contributed by atoms with Crippen molar-refractivity contribution in [3.8, 4) is 5.69 Å². The molecule has 4 rings (SSSR count). The molecule has 2 aromatic carbocycles. The molecule has 2 heterocycles. The van der Waals surface area contributed by atoms with E-state index in [9.17, 15) is 19.2 Å². The third-order valence-electron chi connectivity index (χ3n) is 4.77. The molecule has 0 atom stereocenters. The summed E-state index contributed by atoms with van der Waals surface area (Å²) >= 11 is 6.11. The first-order chi connectivity index (χ1) is 14.3. The van der Waals surface area contributed by atoms with Crippen molar-refractivity contribution in [3.05, 3.63) is 86.2 Å². The van der Waals surface area contributed by atoms with Crippen LogP contribution in [0.2, 0.25) is 5.02 Å². The summed E-state index contributed by atoms with van der Waals surface area (Å²) in [6, 6.07) is 12.4. The number of aryl methyl sites for hydroxylation is 1. The summed E-state index contributed by atoms with van der Waals surface area (Å²) in [6.07, 6.45) is 0. The minimum Gasteiger partial charge on any atom is -0.384 e. The Hall–Kier alpha value is -3.91. The number of nitrogens with one attached hydrogen (secondary N) is 2. The van der Waals surface area contributed by atoms with E-state index in [0.717, 1.165) is 16.2 Å². The van der Waals surface area contributed by atoms with Crippen LogP contribution in [-0.4, -0.2) is 22.3 Å². The molecule has 1 aliphatic heterocycles. The van der Waals surface area contributed by atoms with Crippen LogP contribution in [0.5, 0.6) is 0 Å². The van der Waals surface area contributed by atoms with Crippen LogP contribution in [0, 0.1) is 6.92 Å². The predicted molar refractivity (Wildman–Crippen MR) is 112 cm³/mol. The molecule has 3 amide bonds. The van der Waals surface area contributed by atoms with Crippen LogP contribution in [0.3, 0.4) is 0 Å². The third-order valence-corrected chi connectivity index (χ3v) is 5.18. The molecular formula is C21H15ClN4O4. The molecule has 1 aromatic heterocycles. The lowest BCUT2D eigenvalue weighted by Gasteiger charge is -2.16. The lowest BCUT2D eigenvalue weighted by molar-refractivity contribution is 0.0879. The quantitative estimate of drug-likeness (QED) is 0.559. The van der Waals surface area contributed by atoms with Gasteiger partial charge in [0.15, 0.2) is 0 Å². The second-order valence-electron chi connectivity index (χ2n) is 6.71. The Morgan fingerprint density at radius 2 is 1.80 bits per heavy atom. The third kappa shape index (κ3) is 3.13. The van der Waals surface area contributed by atoms with Crippen LogP contribution < -0.4 is 21.9 Å². The maximum Gasteiger partial charge on any atom is 0.262 e. The number of carbonyl (C=O) groups excluding carboxylic acids is 3. The molecule has 0 aliphatic carbocycles. The number of pyridine rings is 1. The zero-order chi connectivity index (χ0) is 21.6. The Bertz CT molecular complexity index is 1310. The second kappa shape index (κ2) is 7.16. The first-order valence-electron chi connectivity index (χ1n) is 8.86. The highest BCUT2D eigenvalue weighted by Gasteiger charge is 2.32. The van der Waals surface area contributed by atoms with Crippen molar-refractivity contribution >= 4 is 40.8 Å². The normalized spacial score (nSPS) is 12.5. The van der Waals surface area contributed by atoms with E-state index in [4.69, 9.17) is 17.3 Å². The molecule has 4 N–H and O–H groups in total. The number of fused-ring (bicyclic) bond motifs is 1. The molecule has 150 valence electrons. The van der Waals surface area contributed by atoms with Gasteiger partial charge < -0.3 is 11.1 Å². The number of nitrogens with two attached hydrogens (primary N) is 1. The molecule has 9 heteroatoms. The van der Waals surface area contributed by atoms with E-state index in [1.807, 2.05) is 6.92 Å². The Morgan fingerprint density at radius 1 is 1.07 bits per heavy atom. The first kappa shape index (κ1) is 19.4. The Kier molecular flexibility index (Phi) is 4.63. The first-order valence-corrected chi connectivity index (χ1v) is 9.24. The summed E-state index contributed by atoms with van der Waals surface area (Å²) in [5.74, 6) is -2.11. The van der Waals surface area contributed by atoms with Gasteiger partial charge >= 0.3 is 0 Å². The molecular weight excluding hydrogens is 408 g/mol. The number of para-hydroxylation sites is 1. The molecule has 0 radical (unpaired) electrons. The highest BCUT2D eigenvalue weighted by Crippen LogP contribution is 2.25. The molecule has 0 fully saturated rings. The Morgan fingerprint density at radius 3 is 2.53 bits per heavy atom. The molecule has 3 aromatic rings. The largest absolute Gasteiger partial charge is 0.384 e. The van der Waals surface area contributed by atoms with Crippen LogP contribution in [0.1, 0.15) is 36.6 Å². The van der Waals surface area contributed by atoms with Gasteiger partial charge in [-0.25, -0.2) is 0 Å². The maximum atomic E-state index is 12.9. The molecule has 0 bridgehead atoms. The minimum absolute atomic E-state index is 0.0880. The van der Waals surface area contributed by atoms with E-state index in [1.54, 1.807) is 30.3 Å². The van der Waals surface area contributed by atoms with Gasteiger partial charge in [-0.1, -0.05) is 29.8 Å². The van der Waals surface area contributed by atoms with Gasteiger partial charge in [-0.3, -0.25) is 29.1 Å². The number of rotatable bonds is 3. The fourth-order valence-electron chi connectivity index (χ4n) is 3.26. The average molecular weight is 423 g/mol. The average Bonchev–Trinajstić information content (AvgIpc) is 2.98. The van der Waals surface area contributed by atoms with Crippen molar-refractivity contribution in [3.63, 3.8) is 0 Å².